The van der Waals surface area contributed by atoms with Crippen molar-refractivity contribution in [2.24, 2.45) is 5.10 Å². The number of hydrazone groups is 1. The molecule has 8 heteroatoms. The molecule has 0 N–H and O–H groups in total. The molecular formula is C15H11N3O5. The van der Waals surface area contributed by atoms with E-state index in [0.29, 0.717) is 17.1 Å². The first kappa shape index (κ1) is 14.6. The van der Waals surface area contributed by atoms with Crippen LogP contribution in [0.2, 0.25) is 0 Å². The number of amides is 1. The van der Waals surface area contributed by atoms with Gasteiger partial charge in [-0.05, 0) is 24.3 Å². The van der Waals surface area contributed by atoms with Gasteiger partial charge in [0.1, 0.15) is 18.1 Å². The molecule has 8 nitrogen and oxygen atoms in total. The van der Waals surface area contributed by atoms with Gasteiger partial charge in [0.15, 0.2) is 5.78 Å². The van der Waals surface area contributed by atoms with E-state index >= 15 is 0 Å². The summed E-state index contributed by atoms with van der Waals surface area (Å²) < 4.78 is 5.55. The molecule has 1 amide bonds. The summed E-state index contributed by atoms with van der Waals surface area (Å²) in [5.41, 5.74) is 0.682. The molecule has 0 bridgehead atoms. The molecule has 1 aliphatic heterocycles. The van der Waals surface area contributed by atoms with Gasteiger partial charge in [0.05, 0.1) is 17.6 Å². The molecule has 1 saturated heterocycles. The third-order valence-corrected chi connectivity index (χ3v) is 3.28. The van der Waals surface area contributed by atoms with Crippen LogP contribution in [-0.4, -0.2) is 34.4 Å². The number of nitro groups is 1. The Morgan fingerprint density at radius 2 is 1.91 bits per heavy atom. The van der Waals surface area contributed by atoms with E-state index in [1.807, 2.05) is 0 Å². The molecule has 1 aromatic carbocycles. The topological polar surface area (TPSA) is 106 Å². The highest BCUT2D eigenvalue weighted by molar-refractivity contribution is 6.05. The number of benzene rings is 1. The predicted octanol–water partition coefficient (Wildman–Crippen LogP) is 1.99. The number of carbonyl (C=O) groups excluding carboxylic acids is 2. The van der Waals surface area contributed by atoms with Gasteiger partial charge in [-0.1, -0.05) is 0 Å². The Bertz CT molecular complexity index is 807. The van der Waals surface area contributed by atoms with Crippen LogP contribution in [0.25, 0.3) is 11.3 Å². The number of hydrogen-bond donors (Lipinski definition) is 0. The highest BCUT2D eigenvalue weighted by atomic mass is 16.6. The number of Topliss-reactive ketones (excluding diaryl/α,β-unsaturated/α-hetero) is 1. The Morgan fingerprint density at radius 3 is 2.52 bits per heavy atom. The fourth-order valence-corrected chi connectivity index (χ4v) is 2.13. The standard InChI is InChI=1S/C15H11N3O5/c19-12-7-15(20)17(9-12)16-8-13-5-6-14(23-13)10-1-3-11(4-2-10)18(21)22/h1-6,8H,7,9H2. The molecule has 1 aliphatic rings. The Kier molecular flexibility index (Phi) is 3.71. The highest BCUT2D eigenvalue weighted by Gasteiger charge is 2.26. The molecule has 1 aromatic heterocycles. The molecule has 0 spiro atoms. The summed E-state index contributed by atoms with van der Waals surface area (Å²) in [6, 6.07) is 9.30. The van der Waals surface area contributed by atoms with Crippen molar-refractivity contribution in [3.05, 3.63) is 52.3 Å². The van der Waals surface area contributed by atoms with Crippen molar-refractivity contribution in [1.82, 2.24) is 5.01 Å². The lowest BCUT2D eigenvalue weighted by atomic mass is 10.1. The lowest BCUT2D eigenvalue weighted by Crippen LogP contribution is -2.18. The Morgan fingerprint density at radius 1 is 1.17 bits per heavy atom. The van der Waals surface area contributed by atoms with Crippen molar-refractivity contribution in [2.45, 2.75) is 6.42 Å². The largest absolute Gasteiger partial charge is 0.455 e. The summed E-state index contributed by atoms with van der Waals surface area (Å²) in [5.74, 6) is 0.419. The number of hydrogen-bond acceptors (Lipinski definition) is 6. The van der Waals surface area contributed by atoms with Gasteiger partial charge >= 0.3 is 0 Å². The molecule has 3 rings (SSSR count). The first-order valence-corrected chi connectivity index (χ1v) is 6.73. The molecule has 0 atom stereocenters. The van der Waals surface area contributed by atoms with E-state index < -0.39 is 4.92 Å². The van der Waals surface area contributed by atoms with Crippen LogP contribution in [-0.2, 0) is 9.59 Å². The van der Waals surface area contributed by atoms with Crippen molar-refractivity contribution in [3.8, 4) is 11.3 Å². The summed E-state index contributed by atoms with van der Waals surface area (Å²) in [4.78, 5) is 32.7. The molecule has 0 aliphatic carbocycles. The van der Waals surface area contributed by atoms with Gasteiger partial charge in [0.25, 0.3) is 11.6 Å². The van der Waals surface area contributed by atoms with Crippen LogP contribution >= 0.6 is 0 Å². The van der Waals surface area contributed by atoms with E-state index in [4.69, 9.17) is 4.42 Å². The van der Waals surface area contributed by atoms with E-state index in [9.17, 15) is 19.7 Å². The maximum absolute atomic E-state index is 11.4. The first-order valence-electron chi connectivity index (χ1n) is 6.73. The summed E-state index contributed by atoms with van der Waals surface area (Å²) in [5, 5.41) is 15.6. The predicted molar refractivity (Wildman–Crippen MR) is 79.7 cm³/mol. The average Bonchev–Trinajstić information content (AvgIpc) is 3.11. The Hall–Kier alpha value is -3.29. The van der Waals surface area contributed by atoms with E-state index in [1.54, 1.807) is 24.3 Å². The smallest absolute Gasteiger partial charge is 0.269 e. The molecule has 0 saturated carbocycles. The number of nitro benzene ring substituents is 1. The number of nitrogens with zero attached hydrogens (tertiary/aromatic N) is 3. The average molecular weight is 313 g/mol. The second kappa shape index (κ2) is 5.84. The van der Waals surface area contributed by atoms with E-state index in [0.717, 1.165) is 5.01 Å². The minimum atomic E-state index is -0.474. The van der Waals surface area contributed by atoms with Crippen LogP contribution < -0.4 is 0 Å². The lowest BCUT2D eigenvalue weighted by molar-refractivity contribution is -0.384. The monoisotopic (exact) mass is 313 g/mol. The molecule has 0 radical (unpaired) electrons. The van der Waals surface area contributed by atoms with Crippen molar-refractivity contribution < 1.29 is 18.9 Å². The lowest BCUT2D eigenvalue weighted by Gasteiger charge is -2.04. The number of rotatable bonds is 4. The molecular weight excluding hydrogens is 302 g/mol. The summed E-state index contributed by atoms with van der Waals surface area (Å²) in [6.45, 7) is -0.0226. The fourth-order valence-electron chi connectivity index (χ4n) is 2.13. The molecule has 0 unspecified atom stereocenters. The molecule has 2 aromatic rings. The van der Waals surface area contributed by atoms with Crippen molar-refractivity contribution in [3.63, 3.8) is 0 Å². The molecule has 1 fully saturated rings. The van der Waals surface area contributed by atoms with Gasteiger partial charge in [-0.2, -0.15) is 5.10 Å². The third kappa shape index (κ3) is 3.15. The summed E-state index contributed by atoms with van der Waals surface area (Å²) in [6.07, 6.45) is 1.23. The van der Waals surface area contributed by atoms with Gasteiger partial charge in [-0.3, -0.25) is 19.7 Å². The van der Waals surface area contributed by atoms with Gasteiger partial charge in [-0.25, -0.2) is 5.01 Å². The highest BCUT2D eigenvalue weighted by Crippen LogP contribution is 2.24. The van der Waals surface area contributed by atoms with Crippen molar-refractivity contribution in [2.75, 3.05) is 6.54 Å². The zero-order chi connectivity index (χ0) is 16.4. The first-order chi connectivity index (χ1) is 11.0. The second-order valence-corrected chi connectivity index (χ2v) is 4.92. The molecule has 116 valence electrons. The maximum Gasteiger partial charge on any atom is 0.269 e. The second-order valence-electron chi connectivity index (χ2n) is 4.92. The van der Waals surface area contributed by atoms with Crippen LogP contribution in [0.1, 0.15) is 12.2 Å². The van der Waals surface area contributed by atoms with Crippen molar-refractivity contribution in [1.29, 1.82) is 0 Å². The van der Waals surface area contributed by atoms with Crippen LogP contribution in [0, 0.1) is 10.1 Å². The van der Waals surface area contributed by atoms with Gasteiger partial charge in [0, 0.05) is 17.7 Å². The number of carbonyl (C=O) groups is 2. The normalized spacial score (nSPS) is 14.9. The van der Waals surface area contributed by atoms with Crippen LogP contribution in [0.4, 0.5) is 5.69 Å². The van der Waals surface area contributed by atoms with Gasteiger partial charge < -0.3 is 4.42 Å². The fraction of sp³-hybridized carbons (Fsp3) is 0.133. The van der Waals surface area contributed by atoms with Crippen molar-refractivity contribution >= 4 is 23.6 Å². The summed E-state index contributed by atoms with van der Waals surface area (Å²) in [7, 11) is 0. The summed E-state index contributed by atoms with van der Waals surface area (Å²) >= 11 is 0. The quantitative estimate of drug-likeness (QED) is 0.371. The Balaban J connectivity index is 1.74. The van der Waals surface area contributed by atoms with E-state index in [-0.39, 0.29) is 30.3 Å². The minimum absolute atomic E-state index is 0.000643. The van der Waals surface area contributed by atoms with Crippen LogP contribution in [0.15, 0.2) is 45.9 Å². The van der Waals surface area contributed by atoms with E-state index in [1.165, 1.54) is 18.3 Å². The van der Waals surface area contributed by atoms with Gasteiger partial charge in [0.2, 0.25) is 0 Å². The zero-order valence-electron chi connectivity index (χ0n) is 11.8. The van der Waals surface area contributed by atoms with E-state index in [2.05, 4.69) is 5.10 Å². The maximum atomic E-state index is 11.4. The molecule has 23 heavy (non-hydrogen) atoms. The minimum Gasteiger partial charge on any atom is -0.455 e. The third-order valence-electron chi connectivity index (χ3n) is 3.28. The zero-order valence-corrected chi connectivity index (χ0v) is 11.8. The molecule has 2 heterocycles. The van der Waals surface area contributed by atoms with Crippen LogP contribution in [0.5, 0.6) is 0 Å². The van der Waals surface area contributed by atoms with Gasteiger partial charge in [-0.15, -0.1) is 0 Å². The number of non-ortho nitro benzene ring substituents is 1. The Labute approximate surface area is 130 Å². The number of furan rings is 1. The number of ketones is 1. The van der Waals surface area contributed by atoms with Crippen LogP contribution in [0.3, 0.4) is 0 Å². The SMILES string of the molecule is O=C1CC(=O)N(N=Cc2ccc(-c3ccc([N+](=O)[O-])cc3)o2)C1.